The van der Waals surface area contributed by atoms with Gasteiger partial charge >= 0.3 is 0 Å². The Labute approximate surface area is 113 Å². The number of benzene rings is 1. The fraction of sp³-hybridized carbons (Fsp3) is 0.429. The third kappa shape index (κ3) is 3.62. The molecule has 1 aromatic rings. The topological polar surface area (TPSA) is 62.6 Å². The second kappa shape index (κ2) is 6.64. The summed E-state index contributed by atoms with van der Waals surface area (Å²) >= 11 is 0. The zero-order valence-corrected chi connectivity index (χ0v) is 11.6. The number of methoxy groups -OCH3 is 2. The number of hydrogen-bond donors (Lipinski definition) is 0. The average Bonchev–Trinajstić information content (AvgIpc) is 2.45. The lowest BCUT2D eigenvalue weighted by molar-refractivity contribution is 0.0781. The van der Waals surface area contributed by atoms with Gasteiger partial charge in [0.2, 0.25) is 0 Å². The molecule has 5 heteroatoms. The minimum atomic E-state index is -0.217. The number of amides is 1. The number of nitriles is 1. The fourth-order valence-corrected chi connectivity index (χ4v) is 1.72. The molecule has 5 nitrogen and oxygen atoms in total. The van der Waals surface area contributed by atoms with Gasteiger partial charge in [0.1, 0.15) is 11.5 Å². The van der Waals surface area contributed by atoms with Crippen molar-refractivity contribution in [1.82, 2.24) is 4.90 Å². The fourth-order valence-electron chi connectivity index (χ4n) is 1.72. The lowest BCUT2D eigenvalue weighted by atomic mass is 10.1. The Morgan fingerprint density at radius 1 is 1.42 bits per heavy atom. The summed E-state index contributed by atoms with van der Waals surface area (Å²) in [4.78, 5) is 13.8. The molecule has 0 heterocycles. The molecule has 0 fully saturated rings. The zero-order valence-electron chi connectivity index (χ0n) is 11.6. The van der Waals surface area contributed by atoms with Crippen molar-refractivity contribution in [3.8, 4) is 17.6 Å². The van der Waals surface area contributed by atoms with Crippen molar-refractivity contribution in [1.29, 1.82) is 5.26 Å². The highest BCUT2D eigenvalue weighted by molar-refractivity contribution is 5.97. The van der Waals surface area contributed by atoms with Crippen molar-refractivity contribution in [3.05, 3.63) is 23.8 Å². The minimum absolute atomic E-state index is 0.196. The normalized spacial score (nSPS) is 11.3. The Balaban J connectivity index is 3.00. The van der Waals surface area contributed by atoms with Crippen LogP contribution >= 0.6 is 0 Å². The largest absolute Gasteiger partial charge is 0.497 e. The molecule has 0 saturated carbocycles. The first-order valence-corrected chi connectivity index (χ1v) is 5.90. The first kappa shape index (κ1) is 14.8. The third-order valence-electron chi connectivity index (χ3n) is 2.75. The second-order valence-corrected chi connectivity index (χ2v) is 4.28. The van der Waals surface area contributed by atoms with Crippen LogP contribution in [0.5, 0.6) is 11.5 Å². The van der Waals surface area contributed by atoms with E-state index in [0.717, 1.165) is 0 Å². The number of hydrogen-bond acceptors (Lipinski definition) is 4. The van der Waals surface area contributed by atoms with Gasteiger partial charge in [-0.05, 0) is 25.1 Å². The predicted molar refractivity (Wildman–Crippen MR) is 71.3 cm³/mol. The number of ether oxygens (including phenoxy) is 2. The van der Waals surface area contributed by atoms with Gasteiger partial charge < -0.3 is 14.4 Å². The van der Waals surface area contributed by atoms with Crippen LogP contribution in [-0.2, 0) is 0 Å². The standard InChI is InChI=1S/C14H18N2O3/c1-10(8-15)9-16(2)14(17)12-7-11(18-3)5-6-13(12)19-4/h5-7,10H,9H2,1-4H3/t10-/m0/s1. The molecule has 1 rings (SSSR count). The van der Waals surface area contributed by atoms with Crippen LogP contribution in [0.2, 0.25) is 0 Å². The van der Waals surface area contributed by atoms with Crippen LogP contribution in [0.25, 0.3) is 0 Å². The molecule has 0 aliphatic rings. The van der Waals surface area contributed by atoms with E-state index < -0.39 is 0 Å². The summed E-state index contributed by atoms with van der Waals surface area (Å²) in [6.07, 6.45) is 0. The van der Waals surface area contributed by atoms with Crippen molar-refractivity contribution in [2.75, 3.05) is 27.8 Å². The van der Waals surface area contributed by atoms with Crippen LogP contribution < -0.4 is 9.47 Å². The van der Waals surface area contributed by atoms with E-state index in [1.807, 2.05) is 0 Å². The summed E-state index contributed by atoms with van der Waals surface area (Å²) in [7, 11) is 4.71. The van der Waals surface area contributed by atoms with Crippen molar-refractivity contribution >= 4 is 5.91 Å². The van der Waals surface area contributed by atoms with E-state index in [1.54, 1.807) is 32.2 Å². The minimum Gasteiger partial charge on any atom is -0.497 e. The van der Waals surface area contributed by atoms with E-state index in [2.05, 4.69) is 6.07 Å². The van der Waals surface area contributed by atoms with Gasteiger partial charge in [0.05, 0.1) is 31.8 Å². The SMILES string of the molecule is COc1ccc(OC)c(C(=O)N(C)C[C@@H](C)C#N)c1. The molecular weight excluding hydrogens is 244 g/mol. The summed E-state index contributed by atoms with van der Waals surface area (Å²) in [6, 6.07) is 7.15. The molecule has 0 aliphatic heterocycles. The van der Waals surface area contributed by atoms with Gasteiger partial charge in [0.25, 0.3) is 5.91 Å². The molecule has 0 N–H and O–H groups in total. The summed E-state index contributed by atoms with van der Waals surface area (Å²) in [6.45, 7) is 2.14. The molecule has 0 saturated heterocycles. The highest BCUT2D eigenvalue weighted by atomic mass is 16.5. The number of rotatable bonds is 5. The van der Waals surface area contributed by atoms with Crippen molar-refractivity contribution in [2.24, 2.45) is 5.92 Å². The van der Waals surface area contributed by atoms with Crippen LogP contribution in [0.15, 0.2) is 18.2 Å². The Kier molecular flexibility index (Phi) is 5.19. The van der Waals surface area contributed by atoms with Crippen molar-refractivity contribution < 1.29 is 14.3 Å². The molecule has 0 aromatic heterocycles. The van der Waals surface area contributed by atoms with Crippen molar-refractivity contribution in [2.45, 2.75) is 6.92 Å². The Morgan fingerprint density at radius 3 is 2.63 bits per heavy atom. The number of carbonyl (C=O) groups is 1. The Bertz CT molecular complexity index is 494. The van der Waals surface area contributed by atoms with E-state index in [9.17, 15) is 4.79 Å². The predicted octanol–water partition coefficient (Wildman–Crippen LogP) is 1.94. The van der Waals surface area contributed by atoms with E-state index >= 15 is 0 Å². The van der Waals surface area contributed by atoms with Crippen LogP contribution in [0.3, 0.4) is 0 Å². The molecule has 0 bridgehead atoms. The van der Waals surface area contributed by atoms with Gasteiger partial charge in [-0.15, -0.1) is 0 Å². The quantitative estimate of drug-likeness (QED) is 0.813. The summed E-state index contributed by atoms with van der Waals surface area (Å²) in [5.74, 6) is 0.663. The third-order valence-corrected chi connectivity index (χ3v) is 2.75. The van der Waals surface area contributed by atoms with E-state index in [0.29, 0.717) is 23.6 Å². The maximum atomic E-state index is 12.3. The number of nitrogens with zero attached hydrogens (tertiary/aromatic N) is 2. The molecular formula is C14H18N2O3. The van der Waals surface area contributed by atoms with Crippen LogP contribution in [0, 0.1) is 17.2 Å². The van der Waals surface area contributed by atoms with Gasteiger partial charge in [-0.2, -0.15) is 5.26 Å². The lowest BCUT2D eigenvalue weighted by Crippen LogP contribution is -2.31. The molecule has 19 heavy (non-hydrogen) atoms. The summed E-state index contributed by atoms with van der Waals surface area (Å²) in [5, 5.41) is 8.79. The molecule has 1 amide bonds. The maximum Gasteiger partial charge on any atom is 0.257 e. The smallest absolute Gasteiger partial charge is 0.257 e. The molecule has 1 atom stereocenters. The van der Waals surface area contributed by atoms with Gasteiger partial charge in [-0.3, -0.25) is 4.79 Å². The van der Waals surface area contributed by atoms with Crippen LogP contribution in [-0.4, -0.2) is 38.6 Å². The highest BCUT2D eigenvalue weighted by Gasteiger charge is 2.19. The zero-order chi connectivity index (χ0) is 14.4. The maximum absolute atomic E-state index is 12.3. The first-order chi connectivity index (χ1) is 9.03. The Morgan fingerprint density at radius 2 is 2.11 bits per heavy atom. The number of carbonyl (C=O) groups excluding carboxylic acids is 1. The molecule has 0 spiro atoms. The first-order valence-electron chi connectivity index (χ1n) is 5.90. The molecule has 102 valence electrons. The van der Waals surface area contributed by atoms with Crippen LogP contribution in [0.1, 0.15) is 17.3 Å². The molecule has 1 aromatic carbocycles. The molecule has 0 unspecified atom stereocenters. The van der Waals surface area contributed by atoms with Crippen LogP contribution in [0.4, 0.5) is 0 Å². The molecule has 0 radical (unpaired) electrons. The van der Waals surface area contributed by atoms with E-state index in [-0.39, 0.29) is 11.8 Å². The van der Waals surface area contributed by atoms with E-state index in [1.165, 1.54) is 19.1 Å². The summed E-state index contributed by atoms with van der Waals surface area (Å²) < 4.78 is 10.3. The highest BCUT2D eigenvalue weighted by Crippen LogP contribution is 2.25. The van der Waals surface area contributed by atoms with Gasteiger partial charge in [-0.1, -0.05) is 0 Å². The van der Waals surface area contributed by atoms with Gasteiger partial charge in [0, 0.05) is 13.6 Å². The Hall–Kier alpha value is -2.22. The monoisotopic (exact) mass is 262 g/mol. The summed E-state index contributed by atoms with van der Waals surface area (Å²) in [5.41, 5.74) is 0.425. The average molecular weight is 262 g/mol. The van der Waals surface area contributed by atoms with Gasteiger partial charge in [0.15, 0.2) is 0 Å². The lowest BCUT2D eigenvalue weighted by Gasteiger charge is -2.20. The molecule has 0 aliphatic carbocycles. The second-order valence-electron chi connectivity index (χ2n) is 4.28. The van der Waals surface area contributed by atoms with Crippen molar-refractivity contribution in [3.63, 3.8) is 0 Å². The van der Waals surface area contributed by atoms with E-state index in [4.69, 9.17) is 14.7 Å². The van der Waals surface area contributed by atoms with Gasteiger partial charge in [-0.25, -0.2) is 0 Å².